The minimum atomic E-state index is -0.479. The topological polar surface area (TPSA) is 97.3 Å². The standard InChI is InChI=1S/C13H17N5O3/c1-17-6-4-9(5-7-17)8-14-10-2-3-11(18(19)20)13-12(10)15-21-16-13/h2-3,9,14H,4-8H2,1H3. The second-order valence-electron chi connectivity index (χ2n) is 5.48. The molecule has 0 unspecified atom stereocenters. The van der Waals surface area contributed by atoms with E-state index < -0.39 is 4.92 Å². The number of rotatable bonds is 4. The first kappa shape index (κ1) is 13.7. The van der Waals surface area contributed by atoms with Gasteiger partial charge in [0.25, 0.3) is 0 Å². The van der Waals surface area contributed by atoms with Crippen LogP contribution in [0.4, 0.5) is 11.4 Å². The van der Waals surface area contributed by atoms with Crippen molar-refractivity contribution in [3.63, 3.8) is 0 Å². The van der Waals surface area contributed by atoms with E-state index in [-0.39, 0.29) is 11.2 Å². The summed E-state index contributed by atoms with van der Waals surface area (Å²) in [6.07, 6.45) is 2.30. The molecular weight excluding hydrogens is 274 g/mol. The van der Waals surface area contributed by atoms with E-state index in [1.807, 2.05) is 0 Å². The second-order valence-corrected chi connectivity index (χ2v) is 5.48. The molecule has 8 heteroatoms. The fourth-order valence-corrected chi connectivity index (χ4v) is 2.66. The van der Waals surface area contributed by atoms with Crippen LogP contribution in [0, 0.1) is 16.0 Å². The molecule has 1 aromatic heterocycles. The molecule has 1 saturated heterocycles. The normalized spacial score (nSPS) is 17.2. The molecule has 1 aliphatic heterocycles. The molecule has 0 amide bonds. The Balaban J connectivity index is 1.74. The van der Waals surface area contributed by atoms with Gasteiger partial charge in [0.05, 0.1) is 10.6 Å². The fraction of sp³-hybridized carbons (Fsp3) is 0.538. The highest BCUT2D eigenvalue weighted by Crippen LogP contribution is 2.29. The zero-order chi connectivity index (χ0) is 14.8. The van der Waals surface area contributed by atoms with Crippen molar-refractivity contribution in [2.24, 2.45) is 5.92 Å². The number of piperidine rings is 1. The van der Waals surface area contributed by atoms with Gasteiger partial charge in [0.1, 0.15) is 0 Å². The lowest BCUT2D eigenvalue weighted by Gasteiger charge is -2.29. The van der Waals surface area contributed by atoms with Gasteiger partial charge in [-0.25, -0.2) is 4.63 Å². The Morgan fingerprint density at radius 2 is 2.10 bits per heavy atom. The number of non-ortho nitro benzene ring substituents is 1. The minimum Gasteiger partial charge on any atom is -0.383 e. The molecule has 0 aliphatic carbocycles. The highest BCUT2D eigenvalue weighted by atomic mass is 16.6. The van der Waals surface area contributed by atoms with Crippen molar-refractivity contribution in [1.29, 1.82) is 0 Å². The van der Waals surface area contributed by atoms with Crippen molar-refractivity contribution in [1.82, 2.24) is 15.2 Å². The summed E-state index contributed by atoms with van der Waals surface area (Å²) in [6, 6.07) is 3.10. The van der Waals surface area contributed by atoms with Gasteiger partial charge in [0, 0.05) is 12.6 Å². The van der Waals surface area contributed by atoms with Crippen molar-refractivity contribution in [2.45, 2.75) is 12.8 Å². The van der Waals surface area contributed by atoms with Gasteiger partial charge in [0.2, 0.25) is 5.52 Å². The number of hydrogen-bond donors (Lipinski definition) is 1. The molecule has 2 heterocycles. The van der Waals surface area contributed by atoms with Crippen LogP contribution in [0.1, 0.15) is 12.8 Å². The number of anilines is 1. The maximum Gasteiger partial charge on any atom is 0.300 e. The van der Waals surface area contributed by atoms with Crippen molar-refractivity contribution in [3.05, 3.63) is 22.2 Å². The van der Waals surface area contributed by atoms with Crippen LogP contribution < -0.4 is 5.32 Å². The average molecular weight is 291 g/mol. The van der Waals surface area contributed by atoms with Gasteiger partial charge in [0.15, 0.2) is 5.52 Å². The number of nitro groups is 1. The monoisotopic (exact) mass is 291 g/mol. The highest BCUT2D eigenvalue weighted by molar-refractivity contribution is 5.93. The van der Waals surface area contributed by atoms with E-state index in [1.165, 1.54) is 6.07 Å². The molecule has 1 aliphatic rings. The van der Waals surface area contributed by atoms with Gasteiger partial charge in [-0.3, -0.25) is 10.1 Å². The third kappa shape index (κ3) is 2.80. The lowest BCUT2D eigenvalue weighted by atomic mass is 9.97. The Hall–Kier alpha value is -2.22. The van der Waals surface area contributed by atoms with E-state index in [9.17, 15) is 10.1 Å². The van der Waals surface area contributed by atoms with Gasteiger partial charge in [-0.2, -0.15) is 0 Å². The number of aromatic nitrogens is 2. The second kappa shape index (κ2) is 5.65. The number of nitro benzene ring substituents is 1. The van der Waals surface area contributed by atoms with Crippen LogP contribution in [-0.4, -0.2) is 46.8 Å². The molecule has 21 heavy (non-hydrogen) atoms. The van der Waals surface area contributed by atoms with Crippen LogP contribution in [0.3, 0.4) is 0 Å². The summed E-state index contributed by atoms with van der Waals surface area (Å²) in [5.74, 6) is 0.603. The summed E-state index contributed by atoms with van der Waals surface area (Å²) in [6.45, 7) is 3.04. The SMILES string of the molecule is CN1CCC(CNc2ccc([N+](=O)[O-])c3nonc23)CC1. The van der Waals surface area contributed by atoms with E-state index in [2.05, 4.69) is 32.2 Å². The number of fused-ring (bicyclic) bond motifs is 1. The van der Waals surface area contributed by atoms with Crippen LogP contribution >= 0.6 is 0 Å². The zero-order valence-corrected chi connectivity index (χ0v) is 11.8. The first-order chi connectivity index (χ1) is 10.1. The molecular formula is C13H17N5O3. The van der Waals surface area contributed by atoms with Crippen molar-refractivity contribution in [3.8, 4) is 0 Å². The number of likely N-dealkylation sites (tertiary alicyclic amines) is 1. The smallest absolute Gasteiger partial charge is 0.300 e. The molecule has 0 atom stereocenters. The van der Waals surface area contributed by atoms with Crippen molar-refractivity contribution in [2.75, 3.05) is 32.0 Å². The average Bonchev–Trinajstić information content (AvgIpc) is 2.95. The fourth-order valence-electron chi connectivity index (χ4n) is 2.66. The molecule has 1 fully saturated rings. The molecule has 1 N–H and O–H groups in total. The largest absolute Gasteiger partial charge is 0.383 e. The Morgan fingerprint density at radius 3 is 2.81 bits per heavy atom. The Kier molecular flexibility index (Phi) is 3.70. The lowest BCUT2D eigenvalue weighted by molar-refractivity contribution is -0.383. The summed E-state index contributed by atoms with van der Waals surface area (Å²) in [4.78, 5) is 12.8. The molecule has 3 rings (SSSR count). The molecule has 0 spiro atoms. The predicted octanol–water partition coefficient (Wildman–Crippen LogP) is 1.88. The molecule has 0 bridgehead atoms. The quantitative estimate of drug-likeness (QED) is 0.678. The molecule has 0 saturated carbocycles. The van der Waals surface area contributed by atoms with Gasteiger partial charge in [-0.05, 0) is 55.3 Å². The van der Waals surface area contributed by atoms with Gasteiger partial charge < -0.3 is 10.2 Å². The minimum absolute atomic E-state index is 0.0870. The number of hydrogen-bond acceptors (Lipinski definition) is 7. The summed E-state index contributed by atoms with van der Waals surface area (Å²) >= 11 is 0. The van der Waals surface area contributed by atoms with E-state index in [0.29, 0.717) is 11.4 Å². The first-order valence-electron chi connectivity index (χ1n) is 6.97. The van der Waals surface area contributed by atoms with Crippen LogP contribution in [0.5, 0.6) is 0 Å². The number of benzene rings is 1. The first-order valence-corrected chi connectivity index (χ1v) is 6.97. The Bertz CT molecular complexity index is 648. The lowest BCUT2D eigenvalue weighted by Crippen LogP contribution is -2.32. The molecule has 2 aromatic rings. The van der Waals surface area contributed by atoms with Gasteiger partial charge >= 0.3 is 5.69 Å². The number of nitrogens with zero attached hydrogens (tertiary/aromatic N) is 4. The van der Waals surface area contributed by atoms with Crippen LogP contribution in [0.15, 0.2) is 16.8 Å². The van der Waals surface area contributed by atoms with Gasteiger partial charge in [-0.1, -0.05) is 0 Å². The highest BCUT2D eigenvalue weighted by Gasteiger charge is 2.21. The van der Waals surface area contributed by atoms with E-state index in [0.717, 1.165) is 38.2 Å². The zero-order valence-electron chi connectivity index (χ0n) is 11.8. The van der Waals surface area contributed by atoms with Crippen LogP contribution in [0.2, 0.25) is 0 Å². The molecule has 0 radical (unpaired) electrons. The number of nitrogens with one attached hydrogen (secondary N) is 1. The summed E-state index contributed by atoms with van der Waals surface area (Å²) in [5, 5.41) is 21.7. The Morgan fingerprint density at radius 1 is 1.38 bits per heavy atom. The van der Waals surface area contributed by atoms with E-state index in [1.54, 1.807) is 6.07 Å². The molecule has 8 nitrogen and oxygen atoms in total. The summed E-state index contributed by atoms with van der Waals surface area (Å²) in [5.41, 5.74) is 1.25. The molecule has 112 valence electrons. The van der Waals surface area contributed by atoms with E-state index >= 15 is 0 Å². The maximum atomic E-state index is 10.9. The summed E-state index contributed by atoms with van der Waals surface area (Å²) in [7, 11) is 2.13. The van der Waals surface area contributed by atoms with E-state index in [4.69, 9.17) is 0 Å². The van der Waals surface area contributed by atoms with Crippen LogP contribution in [-0.2, 0) is 0 Å². The van der Waals surface area contributed by atoms with Crippen molar-refractivity contribution >= 4 is 22.4 Å². The Labute approximate surface area is 121 Å². The van der Waals surface area contributed by atoms with Crippen LogP contribution in [0.25, 0.3) is 11.0 Å². The molecule has 1 aromatic carbocycles. The van der Waals surface area contributed by atoms with Crippen molar-refractivity contribution < 1.29 is 9.55 Å². The summed E-state index contributed by atoms with van der Waals surface area (Å²) < 4.78 is 4.65. The maximum absolute atomic E-state index is 10.9. The third-order valence-electron chi connectivity index (χ3n) is 4.01. The third-order valence-corrected chi connectivity index (χ3v) is 4.01. The van der Waals surface area contributed by atoms with Gasteiger partial charge in [-0.15, -0.1) is 0 Å². The predicted molar refractivity (Wildman–Crippen MR) is 77.2 cm³/mol.